The van der Waals surface area contributed by atoms with Gasteiger partial charge in [0.1, 0.15) is 11.1 Å². The van der Waals surface area contributed by atoms with Crippen molar-refractivity contribution in [3.8, 4) is 0 Å². The van der Waals surface area contributed by atoms with Crippen LogP contribution in [0.5, 0.6) is 0 Å². The van der Waals surface area contributed by atoms with Gasteiger partial charge in [0.25, 0.3) is 0 Å². The Hall–Kier alpha value is -1.40. The molecule has 0 radical (unpaired) electrons. The quantitative estimate of drug-likeness (QED) is 0.465. The van der Waals surface area contributed by atoms with Crippen LogP contribution < -0.4 is 5.73 Å². The summed E-state index contributed by atoms with van der Waals surface area (Å²) in [4.78, 5) is 11.1. The molecule has 16 heavy (non-hydrogen) atoms. The minimum absolute atomic E-state index is 0.329. The van der Waals surface area contributed by atoms with Crippen LogP contribution in [-0.2, 0) is 15.8 Å². The maximum atomic E-state index is 11.1. The predicted molar refractivity (Wildman–Crippen MR) is 63.5 cm³/mol. The SMILES string of the molecule is CCOC(=O)c1cccc(N)c1.CS(=O)O. The molecule has 6 heteroatoms. The number of carbonyl (C=O) groups excluding carboxylic acids is 1. The van der Waals surface area contributed by atoms with Crippen LogP contribution in [0.25, 0.3) is 0 Å². The number of hydrogen-bond donors (Lipinski definition) is 2. The van der Waals surface area contributed by atoms with E-state index in [9.17, 15) is 4.79 Å². The number of ether oxygens (including phenoxy) is 1. The Morgan fingerprint density at radius 1 is 1.56 bits per heavy atom. The van der Waals surface area contributed by atoms with Crippen molar-refractivity contribution in [2.24, 2.45) is 0 Å². The first kappa shape index (κ1) is 14.6. The van der Waals surface area contributed by atoms with Crippen LogP contribution in [0.4, 0.5) is 5.69 Å². The normalized spacial score (nSPS) is 10.9. The molecule has 1 rings (SSSR count). The first-order valence-corrected chi connectivity index (χ1v) is 6.04. The van der Waals surface area contributed by atoms with E-state index >= 15 is 0 Å². The first-order valence-electron chi connectivity index (χ1n) is 4.52. The number of esters is 1. The molecular formula is C10H15NO4S. The van der Waals surface area contributed by atoms with E-state index in [2.05, 4.69) is 0 Å². The number of nitrogens with two attached hydrogens (primary N) is 1. The summed E-state index contributed by atoms with van der Waals surface area (Å²) in [5.74, 6) is -0.329. The monoisotopic (exact) mass is 245 g/mol. The summed E-state index contributed by atoms with van der Waals surface area (Å²) in [7, 11) is 0. The van der Waals surface area contributed by atoms with Gasteiger partial charge in [0.15, 0.2) is 0 Å². The number of carbonyl (C=O) groups is 1. The third kappa shape index (κ3) is 6.97. The van der Waals surface area contributed by atoms with Gasteiger partial charge in [-0.25, -0.2) is 9.00 Å². The molecule has 1 unspecified atom stereocenters. The highest BCUT2D eigenvalue weighted by Crippen LogP contribution is 2.07. The van der Waals surface area contributed by atoms with Crippen molar-refractivity contribution in [2.75, 3.05) is 18.6 Å². The molecule has 0 spiro atoms. The fourth-order valence-corrected chi connectivity index (χ4v) is 0.880. The molecule has 5 nitrogen and oxygen atoms in total. The Kier molecular flexibility index (Phi) is 7.15. The topological polar surface area (TPSA) is 89.6 Å². The fraction of sp³-hybridized carbons (Fsp3) is 0.300. The molecule has 0 aliphatic carbocycles. The molecule has 3 N–H and O–H groups in total. The van der Waals surface area contributed by atoms with Crippen LogP contribution in [0.1, 0.15) is 17.3 Å². The van der Waals surface area contributed by atoms with Crippen LogP contribution >= 0.6 is 0 Å². The lowest BCUT2D eigenvalue weighted by Crippen LogP contribution is -2.04. The predicted octanol–water partition coefficient (Wildman–Crippen LogP) is 1.28. The van der Waals surface area contributed by atoms with Gasteiger partial charge in [0.05, 0.1) is 12.2 Å². The van der Waals surface area contributed by atoms with Crippen LogP contribution in [-0.4, -0.2) is 27.6 Å². The van der Waals surface area contributed by atoms with E-state index in [1.165, 1.54) is 6.26 Å². The molecule has 0 fully saturated rings. The summed E-state index contributed by atoms with van der Waals surface area (Å²) in [5.41, 5.74) is 6.55. The zero-order valence-corrected chi connectivity index (χ0v) is 9.99. The van der Waals surface area contributed by atoms with Gasteiger partial charge >= 0.3 is 5.97 Å². The van der Waals surface area contributed by atoms with Gasteiger partial charge in [0.2, 0.25) is 0 Å². The fourth-order valence-electron chi connectivity index (χ4n) is 0.880. The summed E-state index contributed by atoms with van der Waals surface area (Å²) in [6.45, 7) is 2.15. The second kappa shape index (κ2) is 7.84. The standard InChI is InChI=1S/C9H11NO2.CH4O2S/c1-2-12-9(11)7-4-3-5-8(10)6-7;1-4(2)3/h3-6H,2,10H2,1H3;1H3,(H,2,3). The van der Waals surface area contributed by atoms with Crippen molar-refractivity contribution in [3.05, 3.63) is 29.8 Å². The highest BCUT2D eigenvalue weighted by atomic mass is 32.2. The average Bonchev–Trinajstić information content (AvgIpc) is 2.17. The van der Waals surface area contributed by atoms with E-state index in [-0.39, 0.29) is 5.97 Å². The summed E-state index contributed by atoms with van der Waals surface area (Å²) in [6, 6.07) is 6.72. The Bertz CT molecular complexity index is 364. The molecule has 0 saturated heterocycles. The first-order chi connectivity index (χ1) is 7.47. The lowest BCUT2D eigenvalue weighted by molar-refractivity contribution is 0.0526. The average molecular weight is 245 g/mol. The van der Waals surface area contributed by atoms with Gasteiger partial charge < -0.3 is 15.0 Å². The van der Waals surface area contributed by atoms with E-state index in [4.69, 9.17) is 19.2 Å². The van der Waals surface area contributed by atoms with E-state index in [1.54, 1.807) is 31.2 Å². The molecule has 0 amide bonds. The zero-order valence-electron chi connectivity index (χ0n) is 9.17. The minimum Gasteiger partial charge on any atom is -0.462 e. The minimum atomic E-state index is -1.61. The summed E-state index contributed by atoms with van der Waals surface area (Å²) in [5, 5.41) is 0. The van der Waals surface area contributed by atoms with Crippen molar-refractivity contribution in [2.45, 2.75) is 6.92 Å². The molecule has 1 aromatic carbocycles. The molecule has 1 aromatic rings. The van der Waals surface area contributed by atoms with Crippen LogP contribution in [0.2, 0.25) is 0 Å². The summed E-state index contributed by atoms with van der Waals surface area (Å²) in [6.07, 6.45) is 1.19. The lowest BCUT2D eigenvalue weighted by atomic mass is 10.2. The van der Waals surface area contributed by atoms with Crippen molar-refractivity contribution >= 4 is 22.7 Å². The maximum absolute atomic E-state index is 11.1. The highest BCUT2D eigenvalue weighted by molar-refractivity contribution is 7.78. The Morgan fingerprint density at radius 2 is 2.12 bits per heavy atom. The lowest BCUT2D eigenvalue weighted by Gasteiger charge is -2.01. The molecule has 0 aromatic heterocycles. The summed E-state index contributed by atoms with van der Waals surface area (Å²) >= 11 is -1.61. The molecule has 0 heterocycles. The van der Waals surface area contributed by atoms with Crippen molar-refractivity contribution < 1.29 is 18.3 Å². The summed E-state index contributed by atoms with van der Waals surface area (Å²) < 4.78 is 21.4. The van der Waals surface area contributed by atoms with Gasteiger partial charge in [-0.15, -0.1) is 0 Å². The molecule has 1 atom stereocenters. The molecular weight excluding hydrogens is 230 g/mol. The largest absolute Gasteiger partial charge is 0.462 e. The molecule has 0 bridgehead atoms. The smallest absolute Gasteiger partial charge is 0.338 e. The van der Waals surface area contributed by atoms with Crippen molar-refractivity contribution in [3.63, 3.8) is 0 Å². The van der Waals surface area contributed by atoms with Gasteiger partial charge in [-0.3, -0.25) is 0 Å². The van der Waals surface area contributed by atoms with Crippen LogP contribution in [0, 0.1) is 0 Å². The number of benzene rings is 1. The molecule has 0 aliphatic heterocycles. The van der Waals surface area contributed by atoms with E-state index in [1.807, 2.05) is 0 Å². The Morgan fingerprint density at radius 3 is 2.56 bits per heavy atom. The zero-order chi connectivity index (χ0) is 12.6. The molecule has 0 aliphatic rings. The molecule has 90 valence electrons. The number of rotatable bonds is 2. The van der Waals surface area contributed by atoms with Crippen molar-refractivity contribution in [1.29, 1.82) is 0 Å². The Balaban J connectivity index is 0.000000487. The Labute approximate surface area is 96.9 Å². The highest BCUT2D eigenvalue weighted by Gasteiger charge is 2.04. The second-order valence-electron chi connectivity index (χ2n) is 2.77. The number of anilines is 1. The third-order valence-corrected chi connectivity index (χ3v) is 1.40. The van der Waals surface area contributed by atoms with E-state index in [0.717, 1.165) is 0 Å². The molecule has 0 saturated carbocycles. The number of nitrogen functional groups attached to an aromatic ring is 1. The van der Waals surface area contributed by atoms with E-state index < -0.39 is 11.1 Å². The van der Waals surface area contributed by atoms with Gasteiger partial charge in [-0.05, 0) is 25.1 Å². The van der Waals surface area contributed by atoms with Gasteiger partial charge in [0, 0.05) is 11.9 Å². The van der Waals surface area contributed by atoms with Gasteiger partial charge in [-0.1, -0.05) is 6.07 Å². The third-order valence-electron chi connectivity index (χ3n) is 1.40. The van der Waals surface area contributed by atoms with E-state index in [0.29, 0.717) is 17.9 Å². The van der Waals surface area contributed by atoms with Gasteiger partial charge in [-0.2, -0.15) is 0 Å². The number of hydrogen-bond acceptors (Lipinski definition) is 4. The van der Waals surface area contributed by atoms with Crippen LogP contribution in [0.15, 0.2) is 24.3 Å². The second-order valence-corrected chi connectivity index (χ2v) is 3.62. The van der Waals surface area contributed by atoms with Crippen molar-refractivity contribution in [1.82, 2.24) is 0 Å². The van der Waals surface area contributed by atoms with Crippen LogP contribution in [0.3, 0.4) is 0 Å². The maximum Gasteiger partial charge on any atom is 0.338 e.